The first-order valence-electron chi connectivity index (χ1n) is 10.6. The van der Waals surface area contributed by atoms with Crippen LogP contribution in [0.15, 0.2) is 48.8 Å². The van der Waals surface area contributed by atoms with Crippen LogP contribution in [0.5, 0.6) is 0 Å². The van der Waals surface area contributed by atoms with Crippen LogP contribution in [0, 0.1) is 12.7 Å². The average Bonchev–Trinajstić information content (AvgIpc) is 3.23. The van der Waals surface area contributed by atoms with Gasteiger partial charge in [0.05, 0.1) is 12.7 Å². The van der Waals surface area contributed by atoms with Gasteiger partial charge in [-0.1, -0.05) is 12.1 Å². The standard InChI is InChI=1S/C15H14ClFN6O.C9H7ClO3/c1-8-5-9(3-4-10(8)17)6-18-15(24)13-11-12(19-7-20-13)14(21-16)23(2)22-11;1-13-9(12)7-4-2-6(3-5-7)8(10)11/h3-5,7,21H,6H2,1-2H3,(H,18,24);2-5H,1H3. The third-order valence-corrected chi connectivity index (χ3v) is 5.53. The van der Waals surface area contributed by atoms with E-state index in [4.69, 9.17) is 23.4 Å². The number of anilines is 1. The summed E-state index contributed by atoms with van der Waals surface area (Å²) in [5.41, 5.74) is 3.00. The largest absolute Gasteiger partial charge is 0.465 e. The highest BCUT2D eigenvalue weighted by Crippen LogP contribution is 2.22. The maximum absolute atomic E-state index is 13.3. The predicted octanol–water partition coefficient (Wildman–Crippen LogP) is 4.16. The monoisotopic (exact) mass is 546 g/mol. The van der Waals surface area contributed by atoms with Gasteiger partial charge in [-0.15, -0.1) is 0 Å². The van der Waals surface area contributed by atoms with Crippen molar-refractivity contribution in [3.05, 3.63) is 82.6 Å². The molecule has 0 aliphatic heterocycles. The van der Waals surface area contributed by atoms with Crippen molar-refractivity contribution in [3.63, 3.8) is 0 Å². The van der Waals surface area contributed by atoms with E-state index in [-0.39, 0.29) is 18.1 Å². The number of esters is 1. The molecule has 0 saturated carbocycles. The summed E-state index contributed by atoms with van der Waals surface area (Å²) in [5.74, 6) is -0.647. The molecule has 0 aliphatic carbocycles. The fourth-order valence-electron chi connectivity index (χ4n) is 3.21. The number of aryl methyl sites for hydroxylation is 2. The van der Waals surface area contributed by atoms with Gasteiger partial charge >= 0.3 is 5.97 Å². The lowest BCUT2D eigenvalue weighted by Gasteiger charge is -2.06. The number of hydrogen-bond acceptors (Lipinski definition) is 8. The van der Waals surface area contributed by atoms with Crippen molar-refractivity contribution in [2.24, 2.45) is 7.05 Å². The molecule has 192 valence electrons. The second-order valence-corrected chi connectivity index (χ2v) is 8.13. The second-order valence-electron chi connectivity index (χ2n) is 7.60. The number of rotatable bonds is 6. The van der Waals surface area contributed by atoms with Gasteiger partial charge in [-0.05, 0) is 60.0 Å². The van der Waals surface area contributed by atoms with Gasteiger partial charge in [-0.2, -0.15) is 5.10 Å². The Morgan fingerprint density at radius 3 is 2.32 bits per heavy atom. The molecular formula is C24H21Cl2FN6O4. The summed E-state index contributed by atoms with van der Waals surface area (Å²) in [4.78, 5) is 44.6. The highest BCUT2D eigenvalue weighted by Gasteiger charge is 2.19. The van der Waals surface area contributed by atoms with Crippen molar-refractivity contribution in [1.82, 2.24) is 25.1 Å². The van der Waals surface area contributed by atoms with Gasteiger partial charge < -0.3 is 10.1 Å². The van der Waals surface area contributed by atoms with Crippen molar-refractivity contribution in [3.8, 4) is 0 Å². The summed E-state index contributed by atoms with van der Waals surface area (Å²) in [6.07, 6.45) is 1.28. The maximum atomic E-state index is 13.3. The molecule has 4 rings (SSSR count). The van der Waals surface area contributed by atoms with E-state index in [2.05, 4.69) is 30.0 Å². The number of halogens is 3. The predicted molar refractivity (Wildman–Crippen MR) is 136 cm³/mol. The molecule has 1 amide bonds. The average molecular weight is 547 g/mol. The lowest BCUT2D eigenvalue weighted by Crippen LogP contribution is -2.24. The number of amides is 1. The van der Waals surface area contributed by atoms with Crippen molar-refractivity contribution in [2.45, 2.75) is 13.5 Å². The van der Waals surface area contributed by atoms with E-state index in [0.717, 1.165) is 5.56 Å². The van der Waals surface area contributed by atoms with Gasteiger partial charge in [-0.3, -0.25) is 14.4 Å². The Balaban J connectivity index is 0.000000248. The molecular weight excluding hydrogens is 526 g/mol. The number of benzene rings is 2. The highest BCUT2D eigenvalue weighted by molar-refractivity contribution is 6.67. The number of nitrogens with one attached hydrogen (secondary N) is 2. The molecule has 0 aliphatic rings. The summed E-state index contributed by atoms with van der Waals surface area (Å²) >= 11 is 10.9. The quantitative estimate of drug-likeness (QED) is 0.209. The Bertz CT molecular complexity index is 1460. The van der Waals surface area contributed by atoms with Crippen molar-refractivity contribution >= 4 is 57.3 Å². The van der Waals surface area contributed by atoms with E-state index < -0.39 is 17.1 Å². The van der Waals surface area contributed by atoms with E-state index in [1.165, 1.54) is 48.5 Å². The first-order chi connectivity index (χ1) is 17.7. The SMILES string of the molecule is COC(=O)c1ccc(C(=O)Cl)cc1.Cc1cc(CNC(=O)c2ncnc3c(NCl)n(C)nc23)ccc1F. The molecule has 2 aromatic carbocycles. The smallest absolute Gasteiger partial charge is 0.337 e. The molecule has 37 heavy (non-hydrogen) atoms. The minimum atomic E-state index is -0.545. The van der Waals surface area contributed by atoms with Gasteiger partial charge in [0.25, 0.3) is 11.1 Å². The maximum Gasteiger partial charge on any atom is 0.337 e. The molecule has 0 fully saturated rings. The van der Waals surface area contributed by atoms with Gasteiger partial charge in [-0.25, -0.2) is 23.8 Å². The van der Waals surface area contributed by atoms with Crippen molar-refractivity contribution in [1.29, 1.82) is 0 Å². The second kappa shape index (κ2) is 12.2. The Labute approximate surface area is 220 Å². The molecule has 0 spiro atoms. The van der Waals surface area contributed by atoms with E-state index in [9.17, 15) is 18.8 Å². The van der Waals surface area contributed by atoms with E-state index in [1.807, 2.05) is 0 Å². The van der Waals surface area contributed by atoms with Crippen LogP contribution in [-0.4, -0.2) is 44.0 Å². The fourth-order valence-corrected chi connectivity index (χ4v) is 3.55. The number of fused-ring (bicyclic) bond motifs is 1. The third kappa shape index (κ3) is 6.57. The molecule has 0 unspecified atom stereocenters. The molecule has 13 heteroatoms. The molecule has 4 aromatic rings. The van der Waals surface area contributed by atoms with Crippen LogP contribution in [0.2, 0.25) is 0 Å². The van der Waals surface area contributed by atoms with Crippen LogP contribution in [0.3, 0.4) is 0 Å². The van der Waals surface area contributed by atoms with E-state index in [0.29, 0.717) is 33.5 Å². The van der Waals surface area contributed by atoms with Crippen LogP contribution >= 0.6 is 23.4 Å². The van der Waals surface area contributed by atoms with Crippen LogP contribution in [0.25, 0.3) is 11.0 Å². The minimum Gasteiger partial charge on any atom is -0.465 e. The first-order valence-corrected chi connectivity index (χ1v) is 11.4. The molecule has 0 radical (unpaired) electrons. The van der Waals surface area contributed by atoms with E-state index >= 15 is 0 Å². The zero-order valence-corrected chi connectivity index (χ0v) is 21.4. The Kier molecular flexibility index (Phi) is 9.10. The van der Waals surface area contributed by atoms with Crippen LogP contribution in [0.1, 0.15) is 42.3 Å². The van der Waals surface area contributed by atoms with E-state index in [1.54, 1.807) is 26.1 Å². The minimum absolute atomic E-state index is 0.146. The Hall–Kier alpha value is -4.09. The lowest BCUT2D eigenvalue weighted by atomic mass is 10.1. The third-order valence-electron chi connectivity index (χ3n) is 5.13. The van der Waals surface area contributed by atoms with Gasteiger partial charge in [0.15, 0.2) is 11.5 Å². The van der Waals surface area contributed by atoms with Crippen LogP contribution < -0.4 is 10.2 Å². The molecule has 2 aromatic heterocycles. The number of methoxy groups -OCH3 is 1. The highest BCUT2D eigenvalue weighted by atomic mass is 35.5. The number of ether oxygens (including phenoxy) is 1. The molecule has 10 nitrogen and oxygen atoms in total. The Morgan fingerprint density at radius 1 is 1.05 bits per heavy atom. The van der Waals surface area contributed by atoms with Gasteiger partial charge in [0.2, 0.25) is 0 Å². The topological polar surface area (TPSA) is 128 Å². The molecule has 0 atom stereocenters. The molecule has 2 heterocycles. The fraction of sp³-hybridized carbons (Fsp3) is 0.167. The normalized spacial score (nSPS) is 10.3. The van der Waals surface area contributed by atoms with Crippen LogP contribution in [-0.2, 0) is 18.3 Å². The summed E-state index contributed by atoms with van der Waals surface area (Å²) < 4.78 is 19.2. The zero-order chi connectivity index (χ0) is 27.1. The van der Waals surface area contributed by atoms with Gasteiger partial charge in [0.1, 0.15) is 23.2 Å². The molecule has 0 saturated heterocycles. The lowest BCUT2D eigenvalue weighted by molar-refractivity contribution is 0.0600. The van der Waals surface area contributed by atoms with Gasteiger partial charge in [0, 0.05) is 30.9 Å². The molecule has 2 N–H and O–H groups in total. The first kappa shape index (κ1) is 27.5. The van der Waals surface area contributed by atoms with Crippen molar-refractivity contribution in [2.75, 3.05) is 11.9 Å². The summed E-state index contributed by atoms with van der Waals surface area (Å²) in [7, 11) is 2.97. The molecule has 0 bridgehead atoms. The number of aromatic nitrogens is 4. The summed E-state index contributed by atoms with van der Waals surface area (Å²) in [6, 6.07) is 10.6. The summed E-state index contributed by atoms with van der Waals surface area (Å²) in [5, 5.41) is 6.42. The van der Waals surface area contributed by atoms with Crippen molar-refractivity contribution < 1.29 is 23.5 Å². The summed E-state index contributed by atoms with van der Waals surface area (Å²) in [6.45, 7) is 1.92. The number of hydrogen-bond donors (Lipinski definition) is 2. The van der Waals surface area contributed by atoms with Crippen LogP contribution in [0.4, 0.5) is 10.2 Å². The number of nitrogens with zero attached hydrogens (tertiary/aromatic N) is 4. The number of carbonyl (C=O) groups is 3. The zero-order valence-electron chi connectivity index (χ0n) is 19.9. The Morgan fingerprint density at radius 2 is 1.73 bits per heavy atom. The number of carbonyl (C=O) groups excluding carboxylic acids is 3.